The van der Waals surface area contributed by atoms with Crippen molar-refractivity contribution in [2.24, 2.45) is 10.7 Å². The molecule has 25 heavy (non-hydrogen) atoms. The van der Waals surface area contributed by atoms with Gasteiger partial charge >= 0.3 is 0 Å². The molecule has 0 unspecified atom stereocenters. The van der Waals surface area contributed by atoms with Crippen molar-refractivity contribution >= 4 is 17.5 Å². The van der Waals surface area contributed by atoms with E-state index in [9.17, 15) is 0 Å². The van der Waals surface area contributed by atoms with Crippen molar-refractivity contribution in [3.63, 3.8) is 0 Å². The number of benzene rings is 1. The third-order valence-corrected chi connectivity index (χ3v) is 4.26. The molecule has 1 aliphatic heterocycles. The van der Waals surface area contributed by atoms with Gasteiger partial charge in [0.15, 0.2) is 5.96 Å². The lowest BCUT2D eigenvalue weighted by Crippen LogP contribution is -2.23. The first kappa shape index (κ1) is 17.1. The van der Waals surface area contributed by atoms with Crippen LogP contribution in [0.25, 0.3) is 0 Å². The maximum atomic E-state index is 6.04. The number of anilines is 2. The van der Waals surface area contributed by atoms with E-state index in [1.54, 1.807) is 7.11 Å². The minimum Gasteiger partial charge on any atom is -0.497 e. The van der Waals surface area contributed by atoms with Crippen molar-refractivity contribution in [3.8, 4) is 5.75 Å². The van der Waals surface area contributed by atoms with Gasteiger partial charge < -0.3 is 20.7 Å². The van der Waals surface area contributed by atoms with Gasteiger partial charge in [-0.3, -0.25) is 0 Å². The molecule has 3 N–H and O–H groups in total. The van der Waals surface area contributed by atoms with E-state index >= 15 is 0 Å². The first-order valence-electron chi connectivity index (χ1n) is 8.58. The van der Waals surface area contributed by atoms with Crippen molar-refractivity contribution < 1.29 is 4.74 Å². The molecule has 2 heterocycles. The van der Waals surface area contributed by atoms with Gasteiger partial charge in [0.25, 0.3) is 0 Å². The normalized spacial score (nSPS) is 14.6. The Kier molecular flexibility index (Phi) is 5.38. The van der Waals surface area contributed by atoms with Crippen LogP contribution in [-0.4, -0.2) is 31.1 Å². The van der Waals surface area contributed by atoms with Crippen LogP contribution in [0.5, 0.6) is 5.75 Å². The molecule has 3 rings (SSSR count). The lowest BCUT2D eigenvalue weighted by Gasteiger charge is -2.20. The molecule has 0 spiro atoms. The van der Waals surface area contributed by atoms with E-state index in [0.29, 0.717) is 12.5 Å². The van der Waals surface area contributed by atoms with Gasteiger partial charge in [-0.25, -0.2) is 9.98 Å². The highest BCUT2D eigenvalue weighted by atomic mass is 16.5. The van der Waals surface area contributed by atoms with E-state index < -0.39 is 0 Å². The largest absolute Gasteiger partial charge is 0.497 e. The van der Waals surface area contributed by atoms with Crippen LogP contribution in [0.2, 0.25) is 0 Å². The van der Waals surface area contributed by atoms with Crippen LogP contribution in [0.4, 0.5) is 11.5 Å². The molecule has 1 aliphatic rings. The number of ether oxygens (including phenoxy) is 1. The Morgan fingerprint density at radius 3 is 2.84 bits per heavy atom. The molecule has 0 aliphatic carbocycles. The first-order valence-corrected chi connectivity index (χ1v) is 8.58. The number of pyridine rings is 1. The molecule has 1 aromatic heterocycles. The van der Waals surface area contributed by atoms with Gasteiger partial charge in [0, 0.05) is 36.1 Å². The van der Waals surface area contributed by atoms with Crippen LogP contribution < -0.4 is 20.7 Å². The fraction of sp³-hybridized carbons (Fsp3) is 0.368. The zero-order valence-corrected chi connectivity index (χ0v) is 14.8. The average molecular weight is 339 g/mol. The number of aliphatic imine (C=N–C) groups is 1. The summed E-state index contributed by atoms with van der Waals surface area (Å²) in [6.07, 6.45) is 2.44. The zero-order chi connectivity index (χ0) is 17.6. The van der Waals surface area contributed by atoms with Crippen molar-refractivity contribution in [2.75, 3.05) is 30.4 Å². The Morgan fingerprint density at radius 2 is 2.08 bits per heavy atom. The number of hydrogen-bond acceptors (Lipinski definition) is 4. The SMILES string of the molecule is COc1cccc(NC(N)=NCc2ccc(C)nc2N2CCCC2)c1. The van der Waals surface area contributed by atoms with E-state index in [-0.39, 0.29) is 0 Å². The molecule has 0 radical (unpaired) electrons. The highest BCUT2D eigenvalue weighted by Gasteiger charge is 2.17. The molecule has 0 saturated carbocycles. The summed E-state index contributed by atoms with van der Waals surface area (Å²) in [5.74, 6) is 2.19. The van der Waals surface area contributed by atoms with E-state index in [4.69, 9.17) is 15.5 Å². The number of hydrogen-bond donors (Lipinski definition) is 2. The monoisotopic (exact) mass is 339 g/mol. The van der Waals surface area contributed by atoms with E-state index in [1.165, 1.54) is 12.8 Å². The lowest BCUT2D eigenvalue weighted by molar-refractivity contribution is 0.415. The van der Waals surface area contributed by atoms with E-state index in [0.717, 1.165) is 41.6 Å². The van der Waals surface area contributed by atoms with Crippen LogP contribution in [0.15, 0.2) is 41.4 Å². The van der Waals surface area contributed by atoms with Crippen molar-refractivity contribution in [1.29, 1.82) is 0 Å². The van der Waals surface area contributed by atoms with Gasteiger partial charge in [-0.1, -0.05) is 12.1 Å². The Balaban J connectivity index is 1.72. The van der Waals surface area contributed by atoms with Gasteiger partial charge in [0.1, 0.15) is 11.6 Å². The number of nitrogens with one attached hydrogen (secondary N) is 1. The number of methoxy groups -OCH3 is 1. The third kappa shape index (κ3) is 4.41. The predicted molar refractivity (Wildman–Crippen MR) is 102 cm³/mol. The van der Waals surface area contributed by atoms with Crippen LogP contribution in [-0.2, 0) is 6.54 Å². The van der Waals surface area contributed by atoms with E-state index in [2.05, 4.69) is 21.3 Å². The highest BCUT2D eigenvalue weighted by Crippen LogP contribution is 2.23. The minimum atomic E-state index is 0.376. The number of rotatable bonds is 5. The van der Waals surface area contributed by atoms with Crippen molar-refractivity contribution in [3.05, 3.63) is 47.7 Å². The standard InChI is InChI=1S/C19H25N5O/c1-14-8-9-15(18(22-14)24-10-3-4-11-24)13-21-19(20)23-16-6-5-7-17(12-16)25-2/h5-9,12H,3-4,10-11,13H2,1-2H3,(H3,20,21,23). The fourth-order valence-corrected chi connectivity index (χ4v) is 2.96. The molecule has 1 saturated heterocycles. The second-order valence-electron chi connectivity index (χ2n) is 6.19. The summed E-state index contributed by atoms with van der Waals surface area (Å²) in [7, 11) is 1.64. The maximum absolute atomic E-state index is 6.04. The number of nitrogens with two attached hydrogens (primary N) is 1. The van der Waals surface area contributed by atoms with Gasteiger partial charge in [-0.15, -0.1) is 0 Å². The Bertz CT molecular complexity index is 753. The summed E-state index contributed by atoms with van der Waals surface area (Å²) < 4.78 is 5.22. The molecule has 6 nitrogen and oxygen atoms in total. The lowest BCUT2D eigenvalue weighted by atomic mass is 10.2. The van der Waals surface area contributed by atoms with Crippen LogP contribution in [0.1, 0.15) is 24.1 Å². The first-order chi connectivity index (χ1) is 12.2. The second kappa shape index (κ2) is 7.88. The van der Waals surface area contributed by atoms with Gasteiger partial charge in [0.05, 0.1) is 13.7 Å². The topological polar surface area (TPSA) is 75.8 Å². The number of nitrogens with zero attached hydrogens (tertiary/aromatic N) is 3. The molecule has 2 aromatic rings. The van der Waals surface area contributed by atoms with Crippen LogP contribution >= 0.6 is 0 Å². The zero-order valence-electron chi connectivity index (χ0n) is 14.8. The molecule has 0 amide bonds. The number of aromatic nitrogens is 1. The molecule has 0 bridgehead atoms. The fourth-order valence-electron chi connectivity index (χ4n) is 2.96. The maximum Gasteiger partial charge on any atom is 0.193 e. The van der Waals surface area contributed by atoms with Crippen LogP contribution in [0, 0.1) is 6.92 Å². The summed E-state index contributed by atoms with van der Waals surface area (Å²) in [5, 5.41) is 3.10. The van der Waals surface area contributed by atoms with Crippen molar-refractivity contribution in [1.82, 2.24) is 4.98 Å². The molecule has 1 fully saturated rings. The third-order valence-electron chi connectivity index (χ3n) is 4.26. The summed E-state index contributed by atoms with van der Waals surface area (Å²) in [4.78, 5) is 11.5. The number of guanidine groups is 1. The summed E-state index contributed by atoms with van der Waals surface area (Å²) >= 11 is 0. The molecule has 0 atom stereocenters. The summed E-state index contributed by atoms with van der Waals surface area (Å²) in [6, 6.07) is 11.7. The predicted octanol–water partition coefficient (Wildman–Crippen LogP) is 2.93. The Labute approximate surface area is 148 Å². The minimum absolute atomic E-state index is 0.376. The quantitative estimate of drug-likeness (QED) is 0.647. The van der Waals surface area contributed by atoms with Gasteiger partial charge in [-0.2, -0.15) is 0 Å². The molecular formula is C19H25N5O. The number of aryl methyl sites for hydroxylation is 1. The highest BCUT2D eigenvalue weighted by molar-refractivity contribution is 5.92. The van der Waals surface area contributed by atoms with Gasteiger partial charge in [0.2, 0.25) is 0 Å². The molecular weight excluding hydrogens is 314 g/mol. The Hall–Kier alpha value is -2.76. The van der Waals surface area contributed by atoms with E-state index in [1.807, 2.05) is 37.3 Å². The molecule has 1 aromatic carbocycles. The summed E-state index contributed by atoms with van der Waals surface area (Å²) in [5.41, 5.74) is 9.02. The second-order valence-corrected chi connectivity index (χ2v) is 6.19. The molecule has 132 valence electrons. The summed E-state index contributed by atoms with van der Waals surface area (Å²) in [6.45, 7) is 4.64. The Morgan fingerprint density at radius 1 is 1.28 bits per heavy atom. The average Bonchev–Trinajstić information content (AvgIpc) is 3.15. The molecule has 6 heteroatoms. The smallest absolute Gasteiger partial charge is 0.193 e. The van der Waals surface area contributed by atoms with Crippen LogP contribution in [0.3, 0.4) is 0 Å². The van der Waals surface area contributed by atoms with Gasteiger partial charge in [-0.05, 0) is 38.0 Å². The van der Waals surface area contributed by atoms with Crippen molar-refractivity contribution in [2.45, 2.75) is 26.3 Å².